The number of carbonyl (C=O) groups is 1. The van der Waals surface area contributed by atoms with E-state index in [9.17, 15) is 13.2 Å². The molecule has 3 aromatic carbocycles. The molecule has 6 nitrogen and oxygen atoms in total. The lowest BCUT2D eigenvalue weighted by molar-refractivity contribution is 0.255. The molecule has 7 heteroatoms. The Labute approximate surface area is 203 Å². The van der Waals surface area contributed by atoms with E-state index < -0.39 is 16.2 Å². The predicted octanol–water partition coefficient (Wildman–Crippen LogP) is 6.00. The maximum atomic E-state index is 13.3. The molecule has 0 aliphatic carbocycles. The third-order valence-electron chi connectivity index (χ3n) is 5.58. The molecule has 0 unspecified atom stereocenters. The van der Waals surface area contributed by atoms with Crippen LogP contribution in [0, 0.1) is 0 Å². The molecule has 2 amide bonds. The van der Waals surface area contributed by atoms with Crippen molar-refractivity contribution in [3.05, 3.63) is 101 Å². The Kier molecular flexibility index (Phi) is 8.47. The first-order valence-electron chi connectivity index (χ1n) is 11.5. The fourth-order valence-electron chi connectivity index (χ4n) is 3.82. The minimum absolute atomic E-state index is 0.137. The van der Waals surface area contributed by atoms with Crippen LogP contribution in [-0.2, 0) is 23.3 Å². The molecule has 0 fully saturated rings. The number of nitrogens with one attached hydrogen (secondary N) is 2. The number of hydrogen-bond donors (Lipinski definition) is 2. The molecule has 2 N–H and O–H groups in total. The summed E-state index contributed by atoms with van der Waals surface area (Å²) < 4.78 is 30.2. The molecule has 0 heterocycles. The highest BCUT2D eigenvalue weighted by atomic mass is 32.2. The number of hydrogen-bond acceptors (Lipinski definition) is 3. The molecule has 0 spiro atoms. The van der Waals surface area contributed by atoms with Gasteiger partial charge in [-0.25, -0.2) is 9.52 Å². The second kappa shape index (κ2) is 11.3. The molecular weight excluding hydrogens is 446 g/mol. The maximum absolute atomic E-state index is 13.3. The van der Waals surface area contributed by atoms with E-state index in [1.165, 1.54) is 4.31 Å². The number of para-hydroxylation sites is 1. The van der Waals surface area contributed by atoms with Crippen molar-refractivity contribution in [1.82, 2.24) is 9.03 Å². The number of urea groups is 1. The SMILES string of the molecule is CC(C)c1cccc(C(C)C)c1NC(=O)NS(=O)(=O)N(Cc1ccccc1)Cc1ccccc1. The highest BCUT2D eigenvalue weighted by Gasteiger charge is 2.26. The van der Waals surface area contributed by atoms with E-state index in [-0.39, 0.29) is 24.9 Å². The summed E-state index contributed by atoms with van der Waals surface area (Å²) >= 11 is 0. The number of nitrogens with zero attached hydrogens (tertiary/aromatic N) is 1. The summed E-state index contributed by atoms with van der Waals surface area (Å²) in [5, 5.41) is 2.82. The van der Waals surface area contributed by atoms with Crippen LogP contribution >= 0.6 is 0 Å². The summed E-state index contributed by atoms with van der Waals surface area (Å²) in [5.74, 6) is 0.330. The molecule has 3 rings (SSSR count). The van der Waals surface area contributed by atoms with Crippen molar-refractivity contribution in [2.75, 3.05) is 5.32 Å². The van der Waals surface area contributed by atoms with Crippen molar-refractivity contribution in [3.63, 3.8) is 0 Å². The molecule has 0 aromatic heterocycles. The molecule has 34 heavy (non-hydrogen) atoms. The second-order valence-corrected chi connectivity index (χ2v) is 10.6. The average Bonchev–Trinajstić information content (AvgIpc) is 2.79. The molecule has 0 aliphatic rings. The van der Waals surface area contributed by atoms with Gasteiger partial charge in [0.1, 0.15) is 0 Å². The van der Waals surface area contributed by atoms with Crippen molar-refractivity contribution in [1.29, 1.82) is 0 Å². The summed E-state index contributed by atoms with van der Waals surface area (Å²) in [6.45, 7) is 8.44. The first-order chi connectivity index (χ1) is 16.2. The maximum Gasteiger partial charge on any atom is 0.333 e. The molecule has 0 bridgehead atoms. The Hall–Kier alpha value is -3.16. The topological polar surface area (TPSA) is 78.5 Å². The van der Waals surface area contributed by atoms with Crippen LogP contribution in [0.5, 0.6) is 0 Å². The lowest BCUT2D eigenvalue weighted by Gasteiger charge is -2.24. The molecule has 3 aromatic rings. The average molecular weight is 480 g/mol. The zero-order chi connectivity index (χ0) is 24.7. The van der Waals surface area contributed by atoms with Gasteiger partial charge in [-0.05, 0) is 34.1 Å². The number of anilines is 1. The van der Waals surface area contributed by atoms with Crippen molar-refractivity contribution in [2.45, 2.75) is 52.6 Å². The lowest BCUT2D eigenvalue weighted by atomic mass is 9.93. The lowest BCUT2D eigenvalue weighted by Crippen LogP contribution is -2.44. The van der Waals surface area contributed by atoms with E-state index in [1.807, 2.05) is 107 Å². The van der Waals surface area contributed by atoms with Crippen LogP contribution in [0.25, 0.3) is 0 Å². The van der Waals surface area contributed by atoms with Crippen molar-refractivity contribution in [2.24, 2.45) is 0 Å². The van der Waals surface area contributed by atoms with Gasteiger partial charge < -0.3 is 5.32 Å². The van der Waals surface area contributed by atoms with Gasteiger partial charge in [0.05, 0.1) is 0 Å². The Morgan fingerprint density at radius 3 is 1.59 bits per heavy atom. The van der Waals surface area contributed by atoms with E-state index in [4.69, 9.17) is 0 Å². The first kappa shape index (κ1) is 25.5. The Balaban J connectivity index is 1.86. The summed E-state index contributed by atoms with van der Waals surface area (Å²) in [4.78, 5) is 13.0. The Bertz CT molecular complexity index is 1130. The van der Waals surface area contributed by atoms with Gasteiger partial charge in [0.25, 0.3) is 0 Å². The summed E-state index contributed by atoms with van der Waals surface area (Å²) in [6.07, 6.45) is 0. The van der Waals surface area contributed by atoms with Crippen LogP contribution in [-0.4, -0.2) is 18.8 Å². The van der Waals surface area contributed by atoms with Gasteiger partial charge in [-0.15, -0.1) is 0 Å². The van der Waals surface area contributed by atoms with Gasteiger partial charge >= 0.3 is 16.2 Å². The molecule has 0 saturated carbocycles. The monoisotopic (exact) mass is 479 g/mol. The third-order valence-corrected chi connectivity index (χ3v) is 6.96. The van der Waals surface area contributed by atoms with Crippen molar-refractivity contribution < 1.29 is 13.2 Å². The zero-order valence-corrected chi connectivity index (χ0v) is 21.0. The van der Waals surface area contributed by atoms with Gasteiger partial charge in [0.15, 0.2) is 0 Å². The standard InChI is InChI=1S/C27H33N3O3S/c1-20(2)24-16-11-17-25(21(3)4)26(24)28-27(31)29-34(32,33)30(18-22-12-7-5-8-13-22)19-23-14-9-6-10-15-23/h5-17,20-21H,18-19H2,1-4H3,(H2,28,29,31). The number of carbonyl (C=O) groups excluding carboxylic acids is 1. The largest absolute Gasteiger partial charge is 0.333 e. The molecular formula is C27H33N3O3S. The smallest absolute Gasteiger partial charge is 0.307 e. The normalized spacial score (nSPS) is 11.7. The fraction of sp³-hybridized carbons (Fsp3) is 0.296. The van der Waals surface area contributed by atoms with Crippen LogP contribution in [0.4, 0.5) is 10.5 Å². The predicted molar refractivity (Wildman–Crippen MR) is 138 cm³/mol. The Morgan fingerprint density at radius 2 is 1.18 bits per heavy atom. The van der Waals surface area contributed by atoms with E-state index in [0.29, 0.717) is 5.69 Å². The van der Waals surface area contributed by atoms with Gasteiger partial charge in [0.2, 0.25) is 0 Å². The van der Waals surface area contributed by atoms with Crippen LogP contribution in [0.1, 0.15) is 61.8 Å². The van der Waals surface area contributed by atoms with E-state index in [0.717, 1.165) is 22.3 Å². The number of amides is 2. The molecule has 0 radical (unpaired) electrons. The first-order valence-corrected chi connectivity index (χ1v) is 12.9. The van der Waals surface area contributed by atoms with Crippen molar-refractivity contribution >= 4 is 21.9 Å². The molecule has 0 atom stereocenters. The van der Waals surface area contributed by atoms with Crippen LogP contribution in [0.15, 0.2) is 78.9 Å². The summed E-state index contributed by atoms with van der Waals surface area (Å²) in [7, 11) is -4.13. The molecule has 0 aliphatic heterocycles. The zero-order valence-electron chi connectivity index (χ0n) is 20.2. The summed E-state index contributed by atoms with van der Waals surface area (Å²) in [6, 6.07) is 23.7. The second-order valence-electron chi connectivity index (χ2n) is 8.92. The van der Waals surface area contributed by atoms with E-state index in [2.05, 4.69) is 10.0 Å². The van der Waals surface area contributed by atoms with Gasteiger partial charge in [-0.3, -0.25) is 0 Å². The van der Waals surface area contributed by atoms with Gasteiger partial charge in [-0.2, -0.15) is 12.7 Å². The van der Waals surface area contributed by atoms with Crippen LogP contribution in [0.2, 0.25) is 0 Å². The quantitative estimate of drug-likeness (QED) is 0.395. The minimum atomic E-state index is -4.13. The summed E-state index contributed by atoms with van der Waals surface area (Å²) in [5.41, 5.74) is 4.25. The third kappa shape index (κ3) is 6.68. The highest BCUT2D eigenvalue weighted by molar-refractivity contribution is 7.87. The fourth-order valence-corrected chi connectivity index (χ4v) is 4.87. The van der Waals surface area contributed by atoms with Crippen LogP contribution < -0.4 is 10.0 Å². The number of rotatable bonds is 9. The molecule has 180 valence electrons. The van der Waals surface area contributed by atoms with Gasteiger partial charge in [0, 0.05) is 18.8 Å². The van der Waals surface area contributed by atoms with E-state index in [1.54, 1.807) is 0 Å². The van der Waals surface area contributed by atoms with Crippen LogP contribution in [0.3, 0.4) is 0 Å². The highest BCUT2D eigenvalue weighted by Crippen LogP contribution is 2.32. The van der Waals surface area contributed by atoms with E-state index >= 15 is 0 Å². The van der Waals surface area contributed by atoms with Gasteiger partial charge in [-0.1, -0.05) is 107 Å². The van der Waals surface area contributed by atoms with Crippen molar-refractivity contribution in [3.8, 4) is 0 Å². The number of benzene rings is 3. The Morgan fingerprint density at radius 1 is 0.735 bits per heavy atom. The minimum Gasteiger partial charge on any atom is -0.307 e. The molecule has 0 saturated heterocycles.